The SMILES string of the molecule is Cc1nc(-c2ccn(Cc3ccc(C#N)cc3)n2)sc1C(=O)O. The Kier molecular flexibility index (Phi) is 3.91. The average molecular weight is 324 g/mol. The van der Waals surface area contributed by atoms with Crippen LogP contribution in [-0.2, 0) is 6.54 Å². The van der Waals surface area contributed by atoms with Gasteiger partial charge in [0, 0.05) is 6.20 Å². The molecule has 0 aliphatic heterocycles. The number of nitriles is 1. The van der Waals surface area contributed by atoms with E-state index in [0.717, 1.165) is 16.9 Å². The van der Waals surface area contributed by atoms with Crippen LogP contribution < -0.4 is 0 Å². The molecule has 2 aromatic heterocycles. The van der Waals surface area contributed by atoms with Crippen molar-refractivity contribution >= 4 is 17.3 Å². The van der Waals surface area contributed by atoms with Crippen molar-refractivity contribution in [3.05, 3.63) is 58.2 Å². The zero-order valence-electron chi connectivity index (χ0n) is 12.2. The summed E-state index contributed by atoms with van der Waals surface area (Å²) in [4.78, 5) is 15.6. The van der Waals surface area contributed by atoms with Crippen LogP contribution in [0.2, 0.25) is 0 Å². The Labute approximate surface area is 136 Å². The number of aromatic carboxylic acids is 1. The summed E-state index contributed by atoms with van der Waals surface area (Å²) in [6, 6.07) is 11.2. The number of rotatable bonds is 4. The second-order valence-corrected chi connectivity index (χ2v) is 5.95. The van der Waals surface area contributed by atoms with E-state index in [1.165, 1.54) is 0 Å². The van der Waals surface area contributed by atoms with E-state index in [2.05, 4.69) is 16.2 Å². The summed E-state index contributed by atoms with van der Waals surface area (Å²) in [5.41, 5.74) is 2.80. The molecule has 0 spiro atoms. The Morgan fingerprint density at radius 2 is 2.09 bits per heavy atom. The lowest BCUT2D eigenvalue weighted by atomic mass is 10.1. The normalized spacial score (nSPS) is 10.4. The maximum absolute atomic E-state index is 11.1. The van der Waals surface area contributed by atoms with Crippen LogP contribution >= 0.6 is 11.3 Å². The molecule has 2 heterocycles. The third-order valence-corrected chi connectivity index (χ3v) is 4.45. The number of hydrogen-bond acceptors (Lipinski definition) is 5. The van der Waals surface area contributed by atoms with Gasteiger partial charge in [-0.3, -0.25) is 4.68 Å². The minimum absolute atomic E-state index is 0.238. The van der Waals surface area contributed by atoms with Crippen LogP contribution in [0.1, 0.15) is 26.5 Å². The molecule has 0 fully saturated rings. The average Bonchev–Trinajstić information content (AvgIpc) is 3.14. The molecular weight excluding hydrogens is 312 g/mol. The van der Waals surface area contributed by atoms with Crippen LogP contribution in [-0.4, -0.2) is 25.8 Å². The van der Waals surface area contributed by atoms with Crippen molar-refractivity contribution in [1.29, 1.82) is 5.26 Å². The van der Waals surface area contributed by atoms with Crippen molar-refractivity contribution in [2.45, 2.75) is 13.5 Å². The van der Waals surface area contributed by atoms with E-state index in [1.807, 2.05) is 24.4 Å². The lowest BCUT2D eigenvalue weighted by molar-refractivity contribution is 0.0701. The summed E-state index contributed by atoms with van der Waals surface area (Å²) in [6.45, 7) is 2.25. The summed E-state index contributed by atoms with van der Waals surface area (Å²) in [5, 5.41) is 22.9. The van der Waals surface area contributed by atoms with E-state index in [9.17, 15) is 4.79 Å². The second-order valence-electron chi connectivity index (χ2n) is 4.95. The molecular formula is C16H12N4O2S. The molecule has 3 aromatic rings. The molecule has 0 saturated carbocycles. The lowest BCUT2D eigenvalue weighted by Crippen LogP contribution is -2.00. The van der Waals surface area contributed by atoms with Crippen molar-refractivity contribution in [3.63, 3.8) is 0 Å². The van der Waals surface area contributed by atoms with Gasteiger partial charge in [-0.1, -0.05) is 12.1 Å². The third-order valence-electron chi connectivity index (χ3n) is 3.28. The number of nitrogens with zero attached hydrogens (tertiary/aromatic N) is 4. The van der Waals surface area contributed by atoms with Gasteiger partial charge in [0.25, 0.3) is 0 Å². The number of hydrogen-bond donors (Lipinski definition) is 1. The first kappa shape index (κ1) is 14.9. The number of aryl methyl sites for hydroxylation is 1. The molecule has 0 amide bonds. The van der Waals surface area contributed by atoms with Gasteiger partial charge in [-0.15, -0.1) is 11.3 Å². The van der Waals surface area contributed by atoms with Crippen LogP contribution in [0.5, 0.6) is 0 Å². The van der Waals surface area contributed by atoms with Crippen molar-refractivity contribution in [1.82, 2.24) is 14.8 Å². The maximum Gasteiger partial charge on any atom is 0.347 e. The second kappa shape index (κ2) is 6.02. The number of aromatic nitrogens is 3. The summed E-state index contributed by atoms with van der Waals surface area (Å²) >= 11 is 1.12. The number of carbonyl (C=O) groups is 1. The van der Waals surface area contributed by atoms with Crippen LogP contribution in [0.4, 0.5) is 0 Å². The molecule has 23 heavy (non-hydrogen) atoms. The van der Waals surface area contributed by atoms with Gasteiger partial charge >= 0.3 is 5.97 Å². The van der Waals surface area contributed by atoms with Gasteiger partial charge < -0.3 is 5.11 Å². The molecule has 7 heteroatoms. The molecule has 1 aromatic carbocycles. The minimum atomic E-state index is -0.969. The van der Waals surface area contributed by atoms with Crippen molar-refractivity contribution in [3.8, 4) is 16.8 Å². The minimum Gasteiger partial charge on any atom is -0.477 e. The molecule has 6 nitrogen and oxygen atoms in total. The van der Waals surface area contributed by atoms with E-state index in [-0.39, 0.29) is 4.88 Å². The predicted octanol–water partition coefficient (Wildman–Crippen LogP) is 2.93. The Hall–Kier alpha value is -2.98. The Balaban J connectivity index is 1.81. The van der Waals surface area contributed by atoms with Gasteiger partial charge in [0.2, 0.25) is 0 Å². The van der Waals surface area contributed by atoms with Gasteiger partial charge in [-0.25, -0.2) is 9.78 Å². The van der Waals surface area contributed by atoms with Gasteiger partial charge in [0.1, 0.15) is 15.6 Å². The van der Waals surface area contributed by atoms with E-state index in [4.69, 9.17) is 10.4 Å². The zero-order chi connectivity index (χ0) is 16.4. The van der Waals surface area contributed by atoms with Crippen LogP contribution in [0.25, 0.3) is 10.7 Å². The summed E-state index contributed by atoms with van der Waals surface area (Å²) in [6.07, 6.45) is 1.82. The highest BCUT2D eigenvalue weighted by Gasteiger charge is 2.16. The zero-order valence-corrected chi connectivity index (χ0v) is 13.0. The van der Waals surface area contributed by atoms with Crippen molar-refractivity contribution in [2.24, 2.45) is 0 Å². The fourth-order valence-electron chi connectivity index (χ4n) is 2.14. The highest BCUT2D eigenvalue weighted by molar-refractivity contribution is 7.17. The molecule has 0 aliphatic carbocycles. The quantitative estimate of drug-likeness (QED) is 0.796. The lowest BCUT2D eigenvalue weighted by Gasteiger charge is -2.01. The summed E-state index contributed by atoms with van der Waals surface area (Å²) in [5.74, 6) is -0.969. The molecule has 1 N–H and O–H groups in total. The fraction of sp³-hybridized carbons (Fsp3) is 0.125. The summed E-state index contributed by atoms with van der Waals surface area (Å²) in [7, 11) is 0. The van der Waals surface area contributed by atoms with Crippen molar-refractivity contribution < 1.29 is 9.90 Å². The first-order chi connectivity index (χ1) is 11.1. The fourth-order valence-corrected chi connectivity index (χ4v) is 3.01. The van der Waals surface area contributed by atoms with Crippen LogP contribution in [0.3, 0.4) is 0 Å². The monoisotopic (exact) mass is 324 g/mol. The van der Waals surface area contributed by atoms with Gasteiger partial charge in [0.05, 0.1) is 23.9 Å². The molecule has 0 atom stereocenters. The van der Waals surface area contributed by atoms with Crippen LogP contribution in [0.15, 0.2) is 36.5 Å². The molecule has 0 radical (unpaired) electrons. The molecule has 0 bridgehead atoms. The third kappa shape index (κ3) is 3.12. The number of benzene rings is 1. The number of carboxylic acid groups (broad SMARTS) is 1. The molecule has 3 rings (SSSR count). The number of thiazole rings is 1. The standard InChI is InChI=1S/C16H12N4O2S/c1-10-14(16(21)22)23-15(18-10)13-6-7-20(19-13)9-12-4-2-11(8-17)3-5-12/h2-7H,9H2,1H3,(H,21,22). The first-order valence-corrected chi connectivity index (χ1v) is 7.62. The molecule has 114 valence electrons. The van der Waals surface area contributed by atoms with E-state index < -0.39 is 5.97 Å². The van der Waals surface area contributed by atoms with E-state index in [1.54, 1.807) is 23.7 Å². The topological polar surface area (TPSA) is 91.8 Å². The van der Waals surface area contributed by atoms with Crippen molar-refractivity contribution in [2.75, 3.05) is 0 Å². The molecule has 0 aliphatic rings. The highest BCUT2D eigenvalue weighted by Crippen LogP contribution is 2.26. The highest BCUT2D eigenvalue weighted by atomic mass is 32.1. The summed E-state index contributed by atoms with van der Waals surface area (Å²) < 4.78 is 1.76. The molecule has 0 saturated heterocycles. The van der Waals surface area contributed by atoms with Crippen LogP contribution in [0, 0.1) is 18.3 Å². The smallest absolute Gasteiger partial charge is 0.347 e. The van der Waals surface area contributed by atoms with E-state index >= 15 is 0 Å². The van der Waals surface area contributed by atoms with Gasteiger partial charge in [-0.05, 0) is 30.7 Å². The Morgan fingerprint density at radius 3 is 2.70 bits per heavy atom. The molecule has 0 unspecified atom stereocenters. The maximum atomic E-state index is 11.1. The Morgan fingerprint density at radius 1 is 1.35 bits per heavy atom. The number of carboxylic acids is 1. The van der Waals surface area contributed by atoms with E-state index in [0.29, 0.717) is 28.5 Å². The van der Waals surface area contributed by atoms with Gasteiger partial charge in [-0.2, -0.15) is 10.4 Å². The predicted molar refractivity (Wildman–Crippen MR) is 85.3 cm³/mol. The largest absolute Gasteiger partial charge is 0.477 e. The first-order valence-electron chi connectivity index (χ1n) is 6.80. The van der Waals surface area contributed by atoms with Gasteiger partial charge in [0.15, 0.2) is 0 Å². The Bertz CT molecular complexity index is 903.